The first kappa shape index (κ1) is 7.53. The van der Waals surface area contributed by atoms with Gasteiger partial charge in [-0.05, 0) is 0 Å². The van der Waals surface area contributed by atoms with Gasteiger partial charge in [0.15, 0.2) is 0 Å². The lowest BCUT2D eigenvalue weighted by Crippen LogP contribution is -2.08. The van der Waals surface area contributed by atoms with E-state index in [9.17, 15) is 9.59 Å². The minimum Gasteiger partial charge on any atom is -0.478 e. The van der Waals surface area contributed by atoms with Gasteiger partial charge in [0.2, 0.25) is 5.71 Å². The smallest absolute Gasteiger partial charge is 0.339 e. The molecular formula is C7H4N2O4. The molecule has 0 atom stereocenters. The third-order valence-corrected chi connectivity index (χ3v) is 1.61. The summed E-state index contributed by atoms with van der Waals surface area (Å²) in [5.74, 6) is -1.21. The number of carbonyl (C=O) groups is 1. The number of hydrogen-bond acceptors (Lipinski definition) is 4. The summed E-state index contributed by atoms with van der Waals surface area (Å²) in [5.41, 5.74) is -0.665. The second kappa shape index (κ2) is 2.44. The number of hydrogen-bond donors (Lipinski definition) is 2. The minimum absolute atomic E-state index is 0.0288. The molecule has 0 saturated carbocycles. The topological polar surface area (TPSA) is 96.2 Å². The zero-order valence-corrected chi connectivity index (χ0v) is 6.27. The van der Waals surface area contributed by atoms with Crippen LogP contribution in [0.2, 0.25) is 0 Å². The second-order valence-corrected chi connectivity index (χ2v) is 2.37. The van der Waals surface area contributed by atoms with E-state index < -0.39 is 11.5 Å². The molecular weight excluding hydrogens is 176 g/mol. The third-order valence-electron chi connectivity index (χ3n) is 1.61. The highest BCUT2D eigenvalue weighted by atomic mass is 16.4. The fourth-order valence-electron chi connectivity index (χ4n) is 1.04. The summed E-state index contributed by atoms with van der Waals surface area (Å²) in [5, 5.41) is 8.62. The molecule has 2 aromatic rings. The van der Waals surface area contributed by atoms with E-state index in [0.717, 1.165) is 12.6 Å². The minimum atomic E-state index is -1.21. The van der Waals surface area contributed by atoms with Crippen molar-refractivity contribution in [2.24, 2.45) is 0 Å². The summed E-state index contributed by atoms with van der Waals surface area (Å²) in [4.78, 5) is 27.7. The Kier molecular flexibility index (Phi) is 1.42. The lowest BCUT2D eigenvalue weighted by atomic mass is 10.2. The van der Waals surface area contributed by atoms with Gasteiger partial charge in [0, 0.05) is 0 Å². The van der Waals surface area contributed by atoms with Crippen molar-refractivity contribution in [3.8, 4) is 0 Å². The van der Waals surface area contributed by atoms with Crippen molar-refractivity contribution < 1.29 is 14.3 Å². The highest BCUT2D eigenvalue weighted by Gasteiger charge is 2.15. The number of H-pyrrole nitrogens is 1. The SMILES string of the molecule is O=C(O)c1coc2nc[nH]c(=O)c12. The maximum Gasteiger partial charge on any atom is 0.339 e. The molecule has 6 heteroatoms. The Morgan fingerprint density at radius 2 is 2.38 bits per heavy atom. The molecule has 2 N–H and O–H groups in total. The fourth-order valence-corrected chi connectivity index (χ4v) is 1.04. The van der Waals surface area contributed by atoms with Crippen LogP contribution in [0.1, 0.15) is 10.4 Å². The van der Waals surface area contributed by atoms with Crippen LogP contribution in [-0.4, -0.2) is 21.0 Å². The summed E-state index contributed by atoms with van der Waals surface area (Å²) in [6.07, 6.45) is 2.15. The van der Waals surface area contributed by atoms with Gasteiger partial charge < -0.3 is 14.5 Å². The van der Waals surface area contributed by atoms with E-state index in [-0.39, 0.29) is 16.7 Å². The van der Waals surface area contributed by atoms with Crippen LogP contribution in [0.3, 0.4) is 0 Å². The summed E-state index contributed by atoms with van der Waals surface area (Å²) in [6.45, 7) is 0. The van der Waals surface area contributed by atoms with Crippen molar-refractivity contribution >= 4 is 17.1 Å². The van der Waals surface area contributed by atoms with Gasteiger partial charge in [-0.25, -0.2) is 9.78 Å². The standard InChI is InChI=1S/C7H4N2O4/c10-5-4-3(7(11)12)1-13-6(4)9-2-8-5/h1-2H,(H,11,12)(H,8,9,10). The molecule has 66 valence electrons. The molecule has 0 fully saturated rings. The van der Waals surface area contributed by atoms with Crippen molar-refractivity contribution in [3.63, 3.8) is 0 Å². The zero-order valence-electron chi connectivity index (χ0n) is 6.27. The molecule has 0 aromatic carbocycles. The average Bonchev–Trinajstić information content (AvgIpc) is 2.49. The van der Waals surface area contributed by atoms with Crippen LogP contribution in [-0.2, 0) is 0 Å². The molecule has 0 spiro atoms. The number of fused-ring (bicyclic) bond motifs is 1. The molecule has 0 radical (unpaired) electrons. The van der Waals surface area contributed by atoms with Crippen LogP contribution in [0.25, 0.3) is 11.1 Å². The van der Waals surface area contributed by atoms with Gasteiger partial charge in [-0.2, -0.15) is 0 Å². The van der Waals surface area contributed by atoms with Crippen molar-refractivity contribution in [2.75, 3.05) is 0 Å². The number of furan rings is 1. The summed E-state index contributed by atoms with van der Waals surface area (Å²) < 4.78 is 4.78. The van der Waals surface area contributed by atoms with E-state index >= 15 is 0 Å². The van der Waals surface area contributed by atoms with Crippen molar-refractivity contribution in [2.45, 2.75) is 0 Å². The molecule has 2 heterocycles. The number of carboxylic acids is 1. The van der Waals surface area contributed by atoms with Gasteiger partial charge in [0.25, 0.3) is 5.56 Å². The summed E-state index contributed by atoms with van der Waals surface area (Å²) in [7, 11) is 0. The number of nitrogens with zero attached hydrogens (tertiary/aromatic N) is 1. The Labute approximate surface area is 70.8 Å². The first-order chi connectivity index (χ1) is 6.20. The Bertz CT molecular complexity index is 525. The maximum absolute atomic E-state index is 11.1. The van der Waals surface area contributed by atoms with E-state index in [2.05, 4.69) is 9.97 Å². The van der Waals surface area contributed by atoms with E-state index in [1.165, 1.54) is 0 Å². The van der Waals surface area contributed by atoms with Crippen LogP contribution in [0, 0.1) is 0 Å². The first-order valence-corrected chi connectivity index (χ1v) is 3.38. The van der Waals surface area contributed by atoms with Gasteiger partial charge >= 0.3 is 5.97 Å². The van der Waals surface area contributed by atoms with Gasteiger partial charge in [0.05, 0.1) is 6.33 Å². The molecule has 6 nitrogen and oxygen atoms in total. The number of aromatic nitrogens is 2. The largest absolute Gasteiger partial charge is 0.478 e. The Balaban J connectivity index is 2.95. The molecule has 2 rings (SSSR count). The Morgan fingerprint density at radius 1 is 1.62 bits per heavy atom. The molecule has 0 bridgehead atoms. The number of nitrogens with one attached hydrogen (secondary N) is 1. The van der Waals surface area contributed by atoms with Crippen LogP contribution in [0.15, 0.2) is 21.8 Å². The molecule has 0 unspecified atom stereocenters. The van der Waals surface area contributed by atoms with Crippen LogP contribution >= 0.6 is 0 Å². The Morgan fingerprint density at radius 3 is 3.08 bits per heavy atom. The number of aromatic carboxylic acids is 1. The maximum atomic E-state index is 11.1. The molecule has 2 aromatic heterocycles. The molecule has 13 heavy (non-hydrogen) atoms. The monoisotopic (exact) mass is 180 g/mol. The van der Waals surface area contributed by atoms with E-state index in [4.69, 9.17) is 9.52 Å². The van der Waals surface area contributed by atoms with Gasteiger partial charge in [-0.1, -0.05) is 0 Å². The number of carboxylic acid groups (broad SMARTS) is 1. The zero-order chi connectivity index (χ0) is 9.42. The fraction of sp³-hybridized carbons (Fsp3) is 0. The summed E-state index contributed by atoms with van der Waals surface area (Å²) in [6, 6.07) is 0. The van der Waals surface area contributed by atoms with Gasteiger partial charge in [-0.15, -0.1) is 0 Å². The number of rotatable bonds is 1. The van der Waals surface area contributed by atoms with Crippen LogP contribution in [0.4, 0.5) is 0 Å². The quantitative estimate of drug-likeness (QED) is 0.654. The number of aromatic amines is 1. The predicted octanol–water partition coefficient (Wildman–Crippen LogP) is 0.214. The highest BCUT2D eigenvalue weighted by Crippen LogP contribution is 2.13. The van der Waals surface area contributed by atoms with E-state index in [1.54, 1.807) is 0 Å². The van der Waals surface area contributed by atoms with Crippen molar-refractivity contribution in [3.05, 3.63) is 28.5 Å². The summed E-state index contributed by atoms with van der Waals surface area (Å²) >= 11 is 0. The highest BCUT2D eigenvalue weighted by molar-refractivity contribution is 6.00. The van der Waals surface area contributed by atoms with E-state index in [0.29, 0.717) is 0 Å². The predicted molar refractivity (Wildman–Crippen MR) is 41.6 cm³/mol. The van der Waals surface area contributed by atoms with Crippen LogP contribution in [0.5, 0.6) is 0 Å². The van der Waals surface area contributed by atoms with Crippen LogP contribution < -0.4 is 5.56 Å². The van der Waals surface area contributed by atoms with Gasteiger partial charge in [0.1, 0.15) is 17.2 Å². The van der Waals surface area contributed by atoms with E-state index in [1.807, 2.05) is 0 Å². The molecule has 0 aliphatic carbocycles. The van der Waals surface area contributed by atoms with Crippen molar-refractivity contribution in [1.82, 2.24) is 9.97 Å². The third kappa shape index (κ3) is 0.994. The second-order valence-electron chi connectivity index (χ2n) is 2.37. The van der Waals surface area contributed by atoms with Crippen molar-refractivity contribution in [1.29, 1.82) is 0 Å². The molecule has 0 aliphatic heterocycles. The lowest BCUT2D eigenvalue weighted by molar-refractivity contribution is 0.0698. The van der Waals surface area contributed by atoms with Gasteiger partial charge in [-0.3, -0.25) is 4.79 Å². The molecule has 0 amide bonds. The molecule has 0 aliphatic rings. The molecule has 0 saturated heterocycles. The first-order valence-electron chi connectivity index (χ1n) is 3.38. The normalized spacial score (nSPS) is 10.5. The lowest BCUT2D eigenvalue weighted by Gasteiger charge is -1.86. The Hall–Kier alpha value is -2.11. The average molecular weight is 180 g/mol.